The molecule has 118 valence electrons. The zero-order valence-corrected chi connectivity index (χ0v) is 14.2. The predicted molar refractivity (Wildman–Crippen MR) is 84.4 cm³/mol. The molecule has 0 aromatic carbocycles. The number of morpholine rings is 1. The number of furan rings is 1. The van der Waals surface area contributed by atoms with Crippen molar-refractivity contribution in [1.82, 2.24) is 10.2 Å². The Morgan fingerprint density at radius 1 is 1.43 bits per heavy atom. The number of halogens is 1. The topological polar surface area (TPSA) is 54.7 Å². The van der Waals surface area contributed by atoms with Crippen molar-refractivity contribution in [3.63, 3.8) is 0 Å². The van der Waals surface area contributed by atoms with E-state index in [2.05, 4.69) is 40.0 Å². The fourth-order valence-corrected chi connectivity index (χ4v) is 3.03. The number of hydrogen-bond donors (Lipinski definition) is 1. The van der Waals surface area contributed by atoms with Crippen LogP contribution in [0.2, 0.25) is 0 Å². The van der Waals surface area contributed by atoms with Gasteiger partial charge in [0.05, 0.1) is 25.0 Å². The average molecular weight is 359 g/mol. The number of ether oxygens (including phenoxy) is 1. The van der Waals surface area contributed by atoms with Crippen LogP contribution in [0, 0.1) is 5.92 Å². The van der Waals surface area contributed by atoms with Crippen LogP contribution < -0.4 is 5.32 Å². The van der Waals surface area contributed by atoms with Gasteiger partial charge >= 0.3 is 0 Å². The zero-order valence-electron chi connectivity index (χ0n) is 12.6. The van der Waals surface area contributed by atoms with Crippen LogP contribution in [0.4, 0.5) is 0 Å². The fourth-order valence-electron chi connectivity index (χ4n) is 2.61. The van der Waals surface area contributed by atoms with Crippen molar-refractivity contribution >= 4 is 21.8 Å². The molecule has 0 bridgehead atoms. The van der Waals surface area contributed by atoms with Crippen LogP contribution in [0.1, 0.15) is 30.6 Å². The zero-order chi connectivity index (χ0) is 15.2. The molecule has 1 aromatic rings. The minimum atomic E-state index is -0.0994. The highest BCUT2D eigenvalue weighted by molar-refractivity contribution is 9.10. The van der Waals surface area contributed by atoms with E-state index < -0.39 is 0 Å². The van der Waals surface area contributed by atoms with Gasteiger partial charge < -0.3 is 14.5 Å². The molecule has 2 heterocycles. The Balaban J connectivity index is 1.92. The van der Waals surface area contributed by atoms with Crippen molar-refractivity contribution in [2.45, 2.75) is 26.3 Å². The molecule has 1 atom stereocenters. The first-order valence-electron chi connectivity index (χ1n) is 7.41. The standard InChI is InChI=1S/C15H23BrN2O3/c1-11(2)9-12(18-4-7-20-8-5-18)10-17-15(19)13-3-6-21-14(13)16/h3,6,11-12H,4-5,7-10H2,1-2H3,(H,17,19). The van der Waals surface area contributed by atoms with Gasteiger partial charge in [-0.3, -0.25) is 9.69 Å². The first kappa shape index (κ1) is 16.5. The molecule has 0 aliphatic carbocycles. The number of carbonyl (C=O) groups is 1. The maximum absolute atomic E-state index is 12.2. The molecule has 21 heavy (non-hydrogen) atoms. The molecule has 1 saturated heterocycles. The van der Waals surface area contributed by atoms with Gasteiger partial charge in [-0.2, -0.15) is 0 Å². The summed E-state index contributed by atoms with van der Waals surface area (Å²) < 4.78 is 11.0. The third kappa shape index (κ3) is 4.83. The van der Waals surface area contributed by atoms with Crippen LogP contribution in [-0.4, -0.2) is 49.7 Å². The van der Waals surface area contributed by atoms with E-state index in [-0.39, 0.29) is 5.91 Å². The third-order valence-corrected chi connectivity index (χ3v) is 4.28. The highest BCUT2D eigenvalue weighted by atomic mass is 79.9. The molecular weight excluding hydrogens is 336 g/mol. The lowest BCUT2D eigenvalue weighted by atomic mass is 10.0. The lowest BCUT2D eigenvalue weighted by molar-refractivity contribution is 0.0124. The second-order valence-electron chi connectivity index (χ2n) is 5.75. The van der Waals surface area contributed by atoms with Crippen molar-refractivity contribution < 1.29 is 13.9 Å². The highest BCUT2D eigenvalue weighted by Crippen LogP contribution is 2.18. The minimum Gasteiger partial charge on any atom is -0.457 e. The second kappa shape index (κ2) is 7.96. The molecule has 6 heteroatoms. The smallest absolute Gasteiger partial charge is 0.255 e. The van der Waals surface area contributed by atoms with Crippen molar-refractivity contribution in [3.05, 3.63) is 22.6 Å². The van der Waals surface area contributed by atoms with E-state index in [1.807, 2.05) is 0 Å². The van der Waals surface area contributed by atoms with Crippen LogP contribution in [-0.2, 0) is 4.74 Å². The Morgan fingerprint density at radius 3 is 2.71 bits per heavy atom. The van der Waals surface area contributed by atoms with Gasteiger partial charge in [0.25, 0.3) is 5.91 Å². The monoisotopic (exact) mass is 358 g/mol. The average Bonchev–Trinajstić information content (AvgIpc) is 2.90. The fraction of sp³-hybridized carbons (Fsp3) is 0.667. The number of hydrogen-bond acceptors (Lipinski definition) is 4. The Morgan fingerprint density at radius 2 is 2.14 bits per heavy atom. The highest BCUT2D eigenvalue weighted by Gasteiger charge is 2.23. The van der Waals surface area contributed by atoms with Gasteiger partial charge in [0.1, 0.15) is 0 Å². The van der Waals surface area contributed by atoms with E-state index in [0.717, 1.165) is 32.7 Å². The molecule has 2 rings (SSSR count). The molecule has 5 nitrogen and oxygen atoms in total. The van der Waals surface area contributed by atoms with E-state index >= 15 is 0 Å². The third-order valence-electron chi connectivity index (χ3n) is 3.67. The summed E-state index contributed by atoms with van der Waals surface area (Å²) in [4.78, 5) is 14.6. The van der Waals surface area contributed by atoms with E-state index in [0.29, 0.717) is 28.7 Å². The lowest BCUT2D eigenvalue weighted by Crippen LogP contribution is -2.49. The van der Waals surface area contributed by atoms with Crippen molar-refractivity contribution in [2.75, 3.05) is 32.8 Å². The van der Waals surface area contributed by atoms with E-state index in [9.17, 15) is 4.79 Å². The number of nitrogens with one attached hydrogen (secondary N) is 1. The summed E-state index contributed by atoms with van der Waals surface area (Å²) in [6.45, 7) is 8.48. The Bertz CT molecular complexity index is 456. The van der Waals surface area contributed by atoms with Crippen molar-refractivity contribution in [3.8, 4) is 0 Å². The van der Waals surface area contributed by atoms with Gasteiger partial charge in [-0.1, -0.05) is 13.8 Å². The summed E-state index contributed by atoms with van der Waals surface area (Å²) >= 11 is 3.24. The summed E-state index contributed by atoms with van der Waals surface area (Å²) in [5, 5.41) is 3.02. The first-order chi connectivity index (χ1) is 10.1. The van der Waals surface area contributed by atoms with E-state index in [4.69, 9.17) is 9.15 Å². The Labute approximate surface area is 134 Å². The molecule has 1 aliphatic rings. The van der Waals surface area contributed by atoms with Crippen LogP contribution in [0.25, 0.3) is 0 Å². The van der Waals surface area contributed by atoms with Gasteiger partial charge in [-0.15, -0.1) is 0 Å². The molecule has 0 radical (unpaired) electrons. The molecule has 1 N–H and O–H groups in total. The molecule has 0 saturated carbocycles. The van der Waals surface area contributed by atoms with Crippen LogP contribution >= 0.6 is 15.9 Å². The van der Waals surface area contributed by atoms with E-state index in [1.54, 1.807) is 6.07 Å². The summed E-state index contributed by atoms with van der Waals surface area (Å²) in [7, 11) is 0. The lowest BCUT2D eigenvalue weighted by Gasteiger charge is -2.35. The number of carbonyl (C=O) groups excluding carboxylic acids is 1. The quantitative estimate of drug-likeness (QED) is 0.848. The molecule has 1 aliphatic heterocycles. The number of rotatable bonds is 6. The summed E-state index contributed by atoms with van der Waals surface area (Å²) in [5.74, 6) is 0.494. The van der Waals surface area contributed by atoms with E-state index in [1.165, 1.54) is 6.26 Å². The van der Waals surface area contributed by atoms with Gasteiger partial charge in [0.15, 0.2) is 4.67 Å². The number of nitrogens with zero attached hydrogens (tertiary/aromatic N) is 1. The maximum Gasteiger partial charge on any atom is 0.255 e. The molecule has 1 unspecified atom stereocenters. The van der Waals surface area contributed by atoms with Crippen molar-refractivity contribution in [2.24, 2.45) is 5.92 Å². The Hall–Kier alpha value is -0.850. The Kier molecular flexibility index (Phi) is 6.26. The molecule has 1 fully saturated rings. The molecule has 0 spiro atoms. The van der Waals surface area contributed by atoms with Gasteiger partial charge in [0, 0.05) is 25.7 Å². The van der Waals surface area contributed by atoms with Gasteiger partial charge in [0.2, 0.25) is 0 Å². The minimum absolute atomic E-state index is 0.0994. The van der Waals surface area contributed by atoms with Crippen molar-refractivity contribution in [1.29, 1.82) is 0 Å². The molecule has 1 amide bonds. The largest absolute Gasteiger partial charge is 0.457 e. The SMILES string of the molecule is CC(C)CC(CNC(=O)c1ccoc1Br)N1CCOCC1. The normalized spacial score (nSPS) is 17.9. The van der Waals surface area contributed by atoms with Crippen LogP contribution in [0.3, 0.4) is 0 Å². The van der Waals surface area contributed by atoms with Gasteiger partial charge in [-0.05, 0) is 34.3 Å². The van der Waals surface area contributed by atoms with Gasteiger partial charge in [-0.25, -0.2) is 0 Å². The summed E-state index contributed by atoms with van der Waals surface area (Å²) in [6, 6.07) is 2.02. The van der Waals surface area contributed by atoms with Crippen LogP contribution in [0.15, 0.2) is 21.4 Å². The first-order valence-corrected chi connectivity index (χ1v) is 8.20. The molecular formula is C15H23BrN2O3. The molecule has 1 aromatic heterocycles. The number of amides is 1. The maximum atomic E-state index is 12.2. The summed E-state index contributed by atoms with van der Waals surface area (Å²) in [6.07, 6.45) is 2.57. The second-order valence-corrected chi connectivity index (χ2v) is 6.47. The summed E-state index contributed by atoms with van der Waals surface area (Å²) in [5.41, 5.74) is 0.542. The van der Waals surface area contributed by atoms with Crippen LogP contribution in [0.5, 0.6) is 0 Å². The predicted octanol–water partition coefficient (Wildman–Crippen LogP) is 2.52.